The highest BCUT2D eigenvalue weighted by Crippen LogP contribution is 2.24. The molecule has 0 radical (unpaired) electrons. The summed E-state index contributed by atoms with van der Waals surface area (Å²) in [7, 11) is -1.42. The van der Waals surface area contributed by atoms with Gasteiger partial charge < -0.3 is 11.5 Å². The molecule has 0 spiro atoms. The van der Waals surface area contributed by atoms with E-state index in [0.717, 1.165) is 0 Å². The number of halogens is 2. The van der Waals surface area contributed by atoms with Crippen LogP contribution in [0.5, 0.6) is 0 Å². The quantitative estimate of drug-likeness (QED) is 0.860. The Morgan fingerprint density at radius 1 is 1.38 bits per heavy atom. The zero-order valence-corrected chi connectivity index (χ0v) is 10.5. The fourth-order valence-corrected chi connectivity index (χ4v) is 2.47. The molecule has 16 heavy (non-hydrogen) atoms. The minimum atomic E-state index is -1.42. The molecule has 88 valence electrons. The van der Waals surface area contributed by atoms with Crippen LogP contribution in [0.25, 0.3) is 0 Å². The Labute approximate surface area is 105 Å². The van der Waals surface area contributed by atoms with Gasteiger partial charge in [0.05, 0.1) is 32.6 Å². The molecule has 0 saturated heterocycles. The van der Waals surface area contributed by atoms with E-state index in [4.69, 9.17) is 34.7 Å². The van der Waals surface area contributed by atoms with Crippen LogP contribution in [0.15, 0.2) is 23.1 Å². The van der Waals surface area contributed by atoms with E-state index in [1.54, 1.807) is 6.07 Å². The molecule has 1 rings (SSSR count). The lowest BCUT2D eigenvalue weighted by Gasteiger charge is -2.07. The number of rotatable bonds is 4. The average Bonchev–Trinajstić information content (AvgIpc) is 2.21. The SMILES string of the molecule is NC(=O)C(N)CS(=O)c1ccc(Cl)c(Cl)c1. The van der Waals surface area contributed by atoms with Gasteiger partial charge in [-0.1, -0.05) is 23.2 Å². The van der Waals surface area contributed by atoms with E-state index in [9.17, 15) is 9.00 Å². The molecule has 0 bridgehead atoms. The number of carbonyl (C=O) groups is 1. The predicted molar refractivity (Wildman–Crippen MR) is 64.9 cm³/mol. The highest BCUT2D eigenvalue weighted by atomic mass is 35.5. The van der Waals surface area contributed by atoms with Crippen molar-refractivity contribution in [2.75, 3.05) is 5.75 Å². The molecule has 4 nitrogen and oxygen atoms in total. The highest BCUT2D eigenvalue weighted by molar-refractivity contribution is 7.85. The Balaban J connectivity index is 2.81. The normalized spacial score (nSPS) is 14.4. The lowest BCUT2D eigenvalue weighted by atomic mass is 10.3. The van der Waals surface area contributed by atoms with E-state index in [-0.39, 0.29) is 5.75 Å². The first-order chi connectivity index (χ1) is 7.41. The number of hydrogen-bond donors (Lipinski definition) is 2. The van der Waals surface area contributed by atoms with Crippen LogP contribution < -0.4 is 11.5 Å². The molecular weight excluding hydrogens is 271 g/mol. The number of carbonyl (C=O) groups excluding carboxylic acids is 1. The molecule has 0 aliphatic rings. The highest BCUT2D eigenvalue weighted by Gasteiger charge is 2.15. The Morgan fingerprint density at radius 2 is 2.00 bits per heavy atom. The molecule has 2 atom stereocenters. The van der Waals surface area contributed by atoms with E-state index in [1.165, 1.54) is 12.1 Å². The van der Waals surface area contributed by atoms with Crippen LogP contribution in [-0.4, -0.2) is 21.9 Å². The summed E-state index contributed by atoms with van der Waals surface area (Å²) >= 11 is 11.5. The third-order valence-electron chi connectivity index (χ3n) is 1.85. The van der Waals surface area contributed by atoms with Crippen LogP contribution in [0.3, 0.4) is 0 Å². The van der Waals surface area contributed by atoms with Crippen LogP contribution >= 0.6 is 23.2 Å². The van der Waals surface area contributed by atoms with Gasteiger partial charge in [0.15, 0.2) is 0 Å². The Kier molecular flexibility index (Phi) is 4.73. The van der Waals surface area contributed by atoms with Crippen LogP contribution in [0.2, 0.25) is 10.0 Å². The second-order valence-corrected chi connectivity index (χ2v) is 5.41. The molecule has 0 saturated carbocycles. The summed E-state index contributed by atoms with van der Waals surface area (Å²) in [6.45, 7) is 0. The third-order valence-corrected chi connectivity index (χ3v) is 4.03. The van der Waals surface area contributed by atoms with E-state index in [0.29, 0.717) is 14.9 Å². The standard InChI is InChI=1S/C9H10Cl2N2O2S/c10-6-2-1-5(3-7(6)11)16(15)4-8(12)9(13)14/h1-3,8H,4,12H2,(H2,13,14). The Bertz CT molecular complexity index is 440. The van der Waals surface area contributed by atoms with Gasteiger partial charge in [-0.15, -0.1) is 0 Å². The van der Waals surface area contributed by atoms with Crippen molar-refractivity contribution in [1.82, 2.24) is 0 Å². The first kappa shape index (κ1) is 13.4. The average molecular weight is 281 g/mol. The Hall–Kier alpha value is -0.620. The lowest BCUT2D eigenvalue weighted by Crippen LogP contribution is -2.40. The molecule has 4 N–H and O–H groups in total. The van der Waals surface area contributed by atoms with Crippen molar-refractivity contribution in [1.29, 1.82) is 0 Å². The topological polar surface area (TPSA) is 86.2 Å². The van der Waals surface area contributed by atoms with Crippen LogP contribution in [0.4, 0.5) is 0 Å². The summed E-state index contributed by atoms with van der Waals surface area (Å²) in [6, 6.07) is 3.65. The molecule has 7 heteroatoms. The van der Waals surface area contributed by atoms with Crippen molar-refractivity contribution < 1.29 is 9.00 Å². The fraction of sp³-hybridized carbons (Fsp3) is 0.222. The fourth-order valence-electron chi connectivity index (χ4n) is 0.960. The summed E-state index contributed by atoms with van der Waals surface area (Å²) in [5.74, 6) is -0.721. The van der Waals surface area contributed by atoms with Gasteiger partial charge in [-0.25, -0.2) is 0 Å². The molecule has 1 aromatic rings. The smallest absolute Gasteiger partial charge is 0.235 e. The summed E-state index contributed by atoms with van der Waals surface area (Å²) < 4.78 is 11.7. The van der Waals surface area contributed by atoms with Crippen molar-refractivity contribution in [2.45, 2.75) is 10.9 Å². The molecule has 0 fully saturated rings. The minimum absolute atomic E-state index is 0.0344. The van der Waals surface area contributed by atoms with Gasteiger partial charge in [0, 0.05) is 4.90 Å². The van der Waals surface area contributed by atoms with Gasteiger partial charge in [-0.3, -0.25) is 9.00 Å². The third kappa shape index (κ3) is 3.45. The maximum Gasteiger partial charge on any atom is 0.235 e. The van der Waals surface area contributed by atoms with Crippen molar-refractivity contribution in [3.63, 3.8) is 0 Å². The molecule has 1 amide bonds. The number of benzene rings is 1. The second-order valence-electron chi connectivity index (χ2n) is 3.10. The maximum atomic E-state index is 11.7. The molecule has 2 unspecified atom stereocenters. The zero-order valence-electron chi connectivity index (χ0n) is 8.15. The monoisotopic (exact) mass is 280 g/mol. The second kappa shape index (κ2) is 5.63. The predicted octanol–water partition coefficient (Wildman–Crippen LogP) is 0.914. The van der Waals surface area contributed by atoms with E-state index < -0.39 is 22.7 Å². The molecular formula is C9H10Cl2N2O2S. The number of nitrogens with two attached hydrogens (primary N) is 2. The largest absolute Gasteiger partial charge is 0.368 e. The summed E-state index contributed by atoms with van der Waals surface area (Å²) in [5, 5.41) is 0.682. The number of hydrogen-bond acceptors (Lipinski definition) is 3. The van der Waals surface area contributed by atoms with Gasteiger partial charge in [-0.2, -0.15) is 0 Å². The molecule has 1 aromatic carbocycles. The van der Waals surface area contributed by atoms with Gasteiger partial charge in [0.25, 0.3) is 0 Å². The van der Waals surface area contributed by atoms with Crippen molar-refractivity contribution >= 4 is 39.9 Å². The molecule has 0 heterocycles. The summed E-state index contributed by atoms with van der Waals surface area (Å²) in [6.07, 6.45) is 0. The van der Waals surface area contributed by atoms with Crippen molar-refractivity contribution in [3.05, 3.63) is 28.2 Å². The van der Waals surface area contributed by atoms with Gasteiger partial charge >= 0.3 is 0 Å². The van der Waals surface area contributed by atoms with Crippen LogP contribution in [-0.2, 0) is 15.6 Å². The molecule has 0 aromatic heterocycles. The maximum absolute atomic E-state index is 11.7. The van der Waals surface area contributed by atoms with Crippen molar-refractivity contribution in [2.24, 2.45) is 11.5 Å². The number of amides is 1. The number of primary amides is 1. The van der Waals surface area contributed by atoms with Gasteiger partial charge in [-0.05, 0) is 18.2 Å². The Morgan fingerprint density at radius 3 is 2.50 bits per heavy atom. The van der Waals surface area contributed by atoms with E-state index in [2.05, 4.69) is 0 Å². The molecule has 0 aliphatic heterocycles. The van der Waals surface area contributed by atoms with E-state index >= 15 is 0 Å². The molecule has 0 aliphatic carbocycles. The van der Waals surface area contributed by atoms with Gasteiger partial charge in [0.2, 0.25) is 5.91 Å². The minimum Gasteiger partial charge on any atom is -0.368 e. The van der Waals surface area contributed by atoms with Crippen LogP contribution in [0.1, 0.15) is 0 Å². The lowest BCUT2D eigenvalue weighted by molar-refractivity contribution is -0.118. The summed E-state index contributed by atoms with van der Waals surface area (Å²) in [4.78, 5) is 11.2. The van der Waals surface area contributed by atoms with E-state index in [1.807, 2.05) is 0 Å². The first-order valence-electron chi connectivity index (χ1n) is 4.30. The zero-order chi connectivity index (χ0) is 12.3. The first-order valence-corrected chi connectivity index (χ1v) is 6.37. The van der Waals surface area contributed by atoms with Crippen LogP contribution in [0, 0.1) is 0 Å². The van der Waals surface area contributed by atoms with Crippen molar-refractivity contribution in [3.8, 4) is 0 Å². The van der Waals surface area contributed by atoms with Gasteiger partial charge in [0.1, 0.15) is 0 Å². The summed E-state index contributed by atoms with van der Waals surface area (Å²) in [5.41, 5.74) is 10.4.